The molecule has 0 spiro atoms. The van der Waals surface area contributed by atoms with Crippen LogP contribution >= 0.6 is 23.2 Å². The Morgan fingerprint density at radius 1 is 1.04 bits per heavy atom. The number of aromatic nitrogens is 1. The fraction of sp³-hybridized carbons (Fsp3) is 0. The van der Waals surface area contributed by atoms with E-state index in [1.54, 1.807) is 12.1 Å². The average molecular weight is 392 g/mol. The molecule has 0 aliphatic heterocycles. The fourth-order valence-corrected chi connectivity index (χ4v) is 2.76. The summed E-state index contributed by atoms with van der Waals surface area (Å²) in [5.74, 6) is -0.527. The maximum atomic E-state index is 12.2. The highest BCUT2D eigenvalue weighted by Gasteiger charge is 2.15. The van der Waals surface area contributed by atoms with Gasteiger partial charge in [-0.05, 0) is 30.3 Å². The van der Waals surface area contributed by atoms with Crippen molar-refractivity contribution in [1.29, 1.82) is 0 Å². The third kappa shape index (κ3) is 3.49. The van der Waals surface area contributed by atoms with Crippen LogP contribution in [0.15, 0.2) is 52.1 Å². The van der Waals surface area contributed by atoms with Gasteiger partial charge in [-0.1, -0.05) is 35.3 Å². The van der Waals surface area contributed by atoms with Crippen molar-refractivity contribution in [2.24, 2.45) is 0 Å². The minimum absolute atomic E-state index is 0.182. The number of aromatic amines is 1. The van der Waals surface area contributed by atoms with Gasteiger partial charge in [0.15, 0.2) is 5.75 Å². The van der Waals surface area contributed by atoms with Gasteiger partial charge < -0.3 is 20.7 Å². The van der Waals surface area contributed by atoms with Crippen molar-refractivity contribution in [3.63, 3.8) is 0 Å². The first-order valence-corrected chi connectivity index (χ1v) is 8.04. The molecular formula is C17H11Cl2N3O4. The molecule has 7 nitrogen and oxygen atoms in total. The summed E-state index contributed by atoms with van der Waals surface area (Å²) in [5.41, 5.74) is -2.13. The van der Waals surface area contributed by atoms with Crippen molar-refractivity contribution in [1.82, 2.24) is 4.98 Å². The lowest BCUT2D eigenvalue weighted by molar-refractivity contribution is 0.262. The van der Waals surface area contributed by atoms with Crippen molar-refractivity contribution in [2.75, 3.05) is 10.6 Å². The van der Waals surface area contributed by atoms with Crippen LogP contribution < -0.4 is 21.6 Å². The lowest BCUT2D eigenvalue weighted by atomic mass is 10.2. The Balaban J connectivity index is 2.02. The summed E-state index contributed by atoms with van der Waals surface area (Å²) in [6.07, 6.45) is 0. The summed E-state index contributed by atoms with van der Waals surface area (Å²) in [4.78, 5) is 38.7. The van der Waals surface area contributed by atoms with E-state index in [-0.39, 0.29) is 21.6 Å². The van der Waals surface area contributed by atoms with Gasteiger partial charge in [-0.3, -0.25) is 9.59 Å². The summed E-state index contributed by atoms with van der Waals surface area (Å²) in [7, 11) is 0. The molecule has 4 N–H and O–H groups in total. The van der Waals surface area contributed by atoms with Gasteiger partial charge in [0, 0.05) is 10.4 Å². The maximum Gasteiger partial charge on any atom is 0.323 e. The number of urea groups is 1. The molecular weight excluding hydrogens is 381 g/mol. The topological polar surface area (TPSA) is 111 Å². The van der Waals surface area contributed by atoms with Crippen LogP contribution in [0.4, 0.5) is 16.2 Å². The number of halogens is 2. The molecule has 0 radical (unpaired) electrons. The first-order valence-electron chi connectivity index (χ1n) is 7.28. The standard InChI is InChI=1S/C17H11Cl2N3O4/c18-8-5-6-12(10(19)7-8)21-17(26)22-13-14(23)9-3-1-2-4-11(9)20-16(25)15(13)24/h1-7H,(H4,20,21,22,23,24,25,26). The molecule has 2 aromatic carbocycles. The summed E-state index contributed by atoms with van der Waals surface area (Å²) < 4.78 is 0. The number of carbonyl (C=O) groups excluding carboxylic acids is 1. The molecule has 0 fully saturated rings. The van der Waals surface area contributed by atoms with E-state index in [0.717, 1.165) is 0 Å². The Morgan fingerprint density at radius 2 is 1.77 bits per heavy atom. The predicted molar refractivity (Wildman–Crippen MR) is 102 cm³/mol. The van der Waals surface area contributed by atoms with Crippen LogP contribution in [0.2, 0.25) is 10.0 Å². The molecule has 132 valence electrons. The number of para-hydroxylation sites is 1. The molecule has 0 saturated carbocycles. The van der Waals surface area contributed by atoms with Gasteiger partial charge in [0.1, 0.15) is 5.69 Å². The van der Waals surface area contributed by atoms with E-state index in [1.807, 2.05) is 0 Å². The number of benzene rings is 2. The van der Waals surface area contributed by atoms with Gasteiger partial charge >= 0.3 is 6.03 Å². The summed E-state index contributed by atoms with van der Waals surface area (Å²) in [6.45, 7) is 0. The molecule has 9 heteroatoms. The second-order valence-electron chi connectivity index (χ2n) is 5.26. The van der Waals surface area contributed by atoms with E-state index >= 15 is 0 Å². The minimum Gasteiger partial charge on any atom is -0.505 e. The molecule has 3 aromatic rings. The molecule has 0 aliphatic carbocycles. The van der Waals surface area contributed by atoms with Gasteiger partial charge in [0.05, 0.1) is 16.2 Å². The minimum atomic E-state index is -1.09. The fourth-order valence-electron chi connectivity index (χ4n) is 2.31. The molecule has 0 saturated heterocycles. The van der Waals surface area contributed by atoms with Crippen molar-refractivity contribution in [3.05, 3.63) is 73.1 Å². The highest BCUT2D eigenvalue weighted by molar-refractivity contribution is 6.36. The van der Waals surface area contributed by atoms with E-state index < -0.39 is 28.5 Å². The number of fused-ring (bicyclic) bond motifs is 1. The average Bonchev–Trinajstić information content (AvgIpc) is 2.69. The lowest BCUT2D eigenvalue weighted by Gasteiger charge is -2.09. The second kappa shape index (κ2) is 7.07. The number of H-pyrrole nitrogens is 1. The summed E-state index contributed by atoms with van der Waals surface area (Å²) >= 11 is 11.8. The Kier molecular flexibility index (Phi) is 4.83. The third-order valence-electron chi connectivity index (χ3n) is 3.52. The second-order valence-corrected chi connectivity index (χ2v) is 6.10. The monoisotopic (exact) mass is 391 g/mol. The molecule has 0 unspecified atom stereocenters. The summed E-state index contributed by atoms with van der Waals surface area (Å²) in [5, 5.41) is 15.8. The van der Waals surface area contributed by atoms with Crippen molar-refractivity contribution in [3.8, 4) is 5.75 Å². The Bertz CT molecular complexity index is 1140. The number of hydrogen-bond acceptors (Lipinski definition) is 4. The van der Waals surface area contributed by atoms with Crippen molar-refractivity contribution < 1.29 is 9.90 Å². The van der Waals surface area contributed by atoms with Crippen LogP contribution in [-0.4, -0.2) is 16.1 Å². The van der Waals surface area contributed by atoms with E-state index in [4.69, 9.17) is 23.2 Å². The molecule has 2 amide bonds. The number of carbonyl (C=O) groups is 1. The van der Waals surface area contributed by atoms with E-state index in [2.05, 4.69) is 15.6 Å². The highest BCUT2D eigenvalue weighted by atomic mass is 35.5. The van der Waals surface area contributed by atoms with Gasteiger partial charge in [0.25, 0.3) is 11.0 Å². The normalized spacial score (nSPS) is 10.5. The van der Waals surface area contributed by atoms with Crippen molar-refractivity contribution >= 4 is 51.5 Å². The number of amides is 2. The molecule has 26 heavy (non-hydrogen) atoms. The lowest BCUT2D eigenvalue weighted by Crippen LogP contribution is -2.30. The number of nitrogens with one attached hydrogen (secondary N) is 3. The summed E-state index contributed by atoms with van der Waals surface area (Å²) in [6, 6.07) is 9.81. The van der Waals surface area contributed by atoms with E-state index in [0.29, 0.717) is 5.02 Å². The van der Waals surface area contributed by atoms with E-state index in [1.165, 1.54) is 30.3 Å². The van der Waals surface area contributed by atoms with E-state index in [9.17, 15) is 19.5 Å². The zero-order valence-electron chi connectivity index (χ0n) is 13.0. The van der Waals surface area contributed by atoms with Crippen LogP contribution in [0.3, 0.4) is 0 Å². The quantitative estimate of drug-likeness (QED) is 0.500. The van der Waals surface area contributed by atoms with Crippen LogP contribution in [0, 0.1) is 0 Å². The first kappa shape index (κ1) is 17.8. The highest BCUT2D eigenvalue weighted by Crippen LogP contribution is 2.28. The predicted octanol–water partition coefficient (Wildman–Crippen LogP) is 3.54. The van der Waals surface area contributed by atoms with Gasteiger partial charge in [-0.2, -0.15) is 0 Å². The van der Waals surface area contributed by atoms with Crippen LogP contribution in [0.1, 0.15) is 0 Å². The third-order valence-corrected chi connectivity index (χ3v) is 4.07. The number of rotatable bonds is 2. The smallest absolute Gasteiger partial charge is 0.323 e. The largest absolute Gasteiger partial charge is 0.505 e. The van der Waals surface area contributed by atoms with Crippen molar-refractivity contribution in [2.45, 2.75) is 0 Å². The molecule has 0 bridgehead atoms. The zero-order chi connectivity index (χ0) is 18.8. The number of hydrogen-bond donors (Lipinski definition) is 4. The van der Waals surface area contributed by atoms with Crippen LogP contribution in [0.5, 0.6) is 5.75 Å². The SMILES string of the molecule is O=C(Nc1ccc(Cl)cc1Cl)Nc1c(O)c2ccccc2[nH]c(=O)c1=O. The number of aromatic hydroxyl groups is 1. The first-order chi connectivity index (χ1) is 12.4. The van der Waals surface area contributed by atoms with Gasteiger partial charge in [-0.25, -0.2) is 4.79 Å². The van der Waals surface area contributed by atoms with Gasteiger partial charge in [-0.15, -0.1) is 0 Å². The molecule has 3 rings (SSSR count). The zero-order valence-corrected chi connectivity index (χ0v) is 14.5. The number of anilines is 2. The Hall–Kier alpha value is -3.03. The Labute approximate surface area is 156 Å². The molecule has 1 heterocycles. The molecule has 0 aliphatic rings. The van der Waals surface area contributed by atoms with Crippen LogP contribution in [0.25, 0.3) is 10.9 Å². The maximum absolute atomic E-state index is 12.2. The molecule has 1 aromatic heterocycles. The van der Waals surface area contributed by atoms with Crippen LogP contribution in [-0.2, 0) is 0 Å². The molecule has 0 atom stereocenters. The Morgan fingerprint density at radius 3 is 2.50 bits per heavy atom. The van der Waals surface area contributed by atoms with Gasteiger partial charge in [0.2, 0.25) is 0 Å².